The zero-order chi connectivity index (χ0) is 19.1. The van der Waals surface area contributed by atoms with Crippen LogP contribution in [0.25, 0.3) is 0 Å². The van der Waals surface area contributed by atoms with E-state index in [9.17, 15) is 4.79 Å². The number of amides is 1. The first-order valence-electron chi connectivity index (χ1n) is 8.58. The van der Waals surface area contributed by atoms with Gasteiger partial charge in [-0.15, -0.1) is 22.7 Å². The highest BCUT2D eigenvalue weighted by Gasteiger charge is 2.18. The maximum Gasteiger partial charge on any atom is 0.279 e. The smallest absolute Gasteiger partial charge is 0.279 e. The van der Waals surface area contributed by atoms with Gasteiger partial charge in [-0.25, -0.2) is 0 Å². The predicted molar refractivity (Wildman–Crippen MR) is 110 cm³/mol. The van der Waals surface area contributed by atoms with Gasteiger partial charge in [0.2, 0.25) is 0 Å². The normalized spacial score (nSPS) is 10.8. The lowest BCUT2D eigenvalue weighted by atomic mass is 10.2. The van der Waals surface area contributed by atoms with Crippen molar-refractivity contribution in [1.29, 1.82) is 0 Å². The second-order valence-electron chi connectivity index (χ2n) is 6.05. The number of ether oxygens (including phenoxy) is 2. The first-order chi connectivity index (χ1) is 13.2. The molecule has 0 aliphatic heterocycles. The van der Waals surface area contributed by atoms with Crippen molar-refractivity contribution in [3.8, 4) is 11.5 Å². The Labute approximate surface area is 167 Å². The van der Waals surface area contributed by atoms with Crippen molar-refractivity contribution in [3.05, 3.63) is 63.0 Å². The maximum atomic E-state index is 12.7. The number of carbonyl (C=O) groups excluding carboxylic acids is 1. The van der Waals surface area contributed by atoms with Gasteiger partial charge in [-0.05, 0) is 35.0 Å². The summed E-state index contributed by atoms with van der Waals surface area (Å²) in [6, 6.07) is 13.7. The first-order valence-corrected chi connectivity index (χ1v) is 10.3. The van der Waals surface area contributed by atoms with Crippen LogP contribution in [-0.2, 0) is 17.9 Å². The highest BCUT2D eigenvalue weighted by molar-refractivity contribution is 7.10. The summed E-state index contributed by atoms with van der Waals surface area (Å²) in [6.45, 7) is 2.02. The van der Waals surface area contributed by atoms with Gasteiger partial charge in [0.05, 0.1) is 29.7 Å². The van der Waals surface area contributed by atoms with E-state index in [1.54, 1.807) is 55.1 Å². The van der Waals surface area contributed by atoms with Crippen LogP contribution in [0, 0.1) is 0 Å². The number of anilines is 1. The molecule has 0 saturated carbocycles. The third-order valence-corrected chi connectivity index (χ3v) is 5.85. The van der Waals surface area contributed by atoms with Gasteiger partial charge in [-0.3, -0.25) is 4.79 Å². The number of quaternary nitrogens is 1. The van der Waals surface area contributed by atoms with Crippen molar-refractivity contribution < 1.29 is 19.2 Å². The number of nitrogens with one attached hydrogen (secondary N) is 2. The number of thiophene rings is 2. The third kappa shape index (κ3) is 5.56. The van der Waals surface area contributed by atoms with E-state index in [2.05, 4.69) is 28.2 Å². The van der Waals surface area contributed by atoms with Crippen LogP contribution >= 0.6 is 22.7 Å². The quantitative estimate of drug-likeness (QED) is 0.577. The molecule has 2 aromatic heterocycles. The fraction of sp³-hybridized carbons (Fsp3) is 0.250. The highest BCUT2D eigenvalue weighted by Crippen LogP contribution is 2.28. The van der Waals surface area contributed by atoms with E-state index in [0.29, 0.717) is 23.7 Å². The molecule has 3 rings (SSSR count). The Morgan fingerprint density at radius 3 is 2.19 bits per heavy atom. The Morgan fingerprint density at radius 1 is 1.00 bits per heavy atom. The molecule has 0 radical (unpaired) electrons. The second kappa shape index (κ2) is 9.55. The number of methoxy groups -OCH3 is 2. The average Bonchev–Trinajstić information content (AvgIpc) is 3.36. The van der Waals surface area contributed by atoms with Crippen LogP contribution in [-0.4, -0.2) is 26.7 Å². The molecular weight excluding hydrogens is 380 g/mol. The molecule has 0 atom stereocenters. The minimum absolute atomic E-state index is 0.0402. The van der Waals surface area contributed by atoms with Crippen LogP contribution in [0.1, 0.15) is 9.75 Å². The lowest BCUT2D eigenvalue weighted by molar-refractivity contribution is -0.918. The monoisotopic (exact) mass is 403 g/mol. The number of carbonyl (C=O) groups is 1. The van der Waals surface area contributed by atoms with Gasteiger partial charge in [0, 0.05) is 6.07 Å². The van der Waals surface area contributed by atoms with Crippen LogP contribution < -0.4 is 19.7 Å². The summed E-state index contributed by atoms with van der Waals surface area (Å²) in [6.07, 6.45) is 0. The van der Waals surface area contributed by atoms with E-state index in [1.807, 2.05) is 12.1 Å². The molecule has 0 fully saturated rings. The lowest BCUT2D eigenvalue weighted by Gasteiger charge is -2.18. The fourth-order valence-electron chi connectivity index (χ4n) is 2.83. The zero-order valence-corrected chi connectivity index (χ0v) is 17.0. The van der Waals surface area contributed by atoms with Crippen molar-refractivity contribution in [3.63, 3.8) is 0 Å². The fourth-order valence-corrected chi connectivity index (χ4v) is 4.38. The van der Waals surface area contributed by atoms with E-state index in [4.69, 9.17) is 9.47 Å². The number of hydrogen-bond donors (Lipinski definition) is 2. The molecule has 3 aromatic rings. The van der Waals surface area contributed by atoms with Gasteiger partial charge in [0.15, 0.2) is 6.54 Å². The van der Waals surface area contributed by atoms with Crippen LogP contribution in [0.2, 0.25) is 0 Å². The Bertz CT molecular complexity index is 812. The van der Waals surface area contributed by atoms with Gasteiger partial charge in [-0.2, -0.15) is 0 Å². The highest BCUT2D eigenvalue weighted by atomic mass is 32.1. The summed E-state index contributed by atoms with van der Waals surface area (Å²) >= 11 is 3.44. The standard InChI is InChI=1S/C20H22N2O3S2/c1-24-15-7-8-18(19(11-15)25-2)21-20(23)14-22(12-16-5-3-9-26-16)13-17-6-4-10-27-17/h3-11H,12-14H2,1-2H3,(H,21,23)/p+1. The van der Waals surface area contributed by atoms with Crippen LogP contribution in [0.15, 0.2) is 53.2 Å². The summed E-state index contributed by atoms with van der Waals surface area (Å²) < 4.78 is 10.6. The Balaban J connectivity index is 1.68. The van der Waals surface area contributed by atoms with Crippen LogP contribution in [0.3, 0.4) is 0 Å². The van der Waals surface area contributed by atoms with Gasteiger partial charge >= 0.3 is 0 Å². The molecule has 0 unspecified atom stereocenters. The summed E-state index contributed by atoms with van der Waals surface area (Å²) in [7, 11) is 3.18. The summed E-state index contributed by atoms with van der Waals surface area (Å²) in [4.78, 5) is 16.4. The van der Waals surface area contributed by atoms with E-state index in [0.717, 1.165) is 13.1 Å². The van der Waals surface area contributed by atoms with E-state index >= 15 is 0 Å². The topological polar surface area (TPSA) is 52.0 Å². The third-order valence-electron chi connectivity index (χ3n) is 4.10. The van der Waals surface area contributed by atoms with Crippen molar-refractivity contribution in [2.75, 3.05) is 26.1 Å². The lowest BCUT2D eigenvalue weighted by Crippen LogP contribution is -3.10. The molecule has 0 aliphatic carbocycles. The molecule has 0 spiro atoms. The molecule has 5 nitrogen and oxygen atoms in total. The molecular formula is C20H23N2O3S2+. The molecule has 2 heterocycles. The molecule has 0 saturated heterocycles. The maximum absolute atomic E-state index is 12.7. The molecule has 27 heavy (non-hydrogen) atoms. The van der Waals surface area contributed by atoms with Crippen molar-refractivity contribution in [2.24, 2.45) is 0 Å². The van der Waals surface area contributed by atoms with E-state index in [-0.39, 0.29) is 5.91 Å². The van der Waals surface area contributed by atoms with Crippen molar-refractivity contribution >= 4 is 34.3 Å². The molecule has 2 N–H and O–H groups in total. The molecule has 1 amide bonds. The molecule has 1 aromatic carbocycles. The van der Waals surface area contributed by atoms with Gasteiger partial charge in [-0.1, -0.05) is 12.1 Å². The Hall–Kier alpha value is -2.35. The molecule has 0 aliphatic rings. The van der Waals surface area contributed by atoms with Crippen LogP contribution in [0.4, 0.5) is 5.69 Å². The number of hydrogen-bond acceptors (Lipinski definition) is 5. The minimum Gasteiger partial charge on any atom is -0.497 e. The van der Waals surface area contributed by atoms with Gasteiger partial charge < -0.3 is 19.7 Å². The first kappa shape index (κ1) is 19.4. The summed E-state index contributed by atoms with van der Waals surface area (Å²) in [5, 5.41) is 7.11. The Morgan fingerprint density at radius 2 is 1.67 bits per heavy atom. The Kier molecular flexibility index (Phi) is 6.86. The minimum atomic E-state index is -0.0402. The van der Waals surface area contributed by atoms with Crippen LogP contribution in [0.5, 0.6) is 11.5 Å². The van der Waals surface area contributed by atoms with Crippen molar-refractivity contribution in [1.82, 2.24) is 0 Å². The number of benzene rings is 1. The molecule has 0 bridgehead atoms. The SMILES string of the molecule is COc1ccc(NC(=O)C[NH+](Cc2cccs2)Cc2cccs2)c(OC)c1. The van der Waals surface area contributed by atoms with E-state index in [1.165, 1.54) is 14.7 Å². The zero-order valence-electron chi connectivity index (χ0n) is 15.4. The molecule has 7 heteroatoms. The summed E-state index contributed by atoms with van der Waals surface area (Å²) in [5.41, 5.74) is 0.648. The predicted octanol–water partition coefficient (Wildman–Crippen LogP) is 3.05. The molecule has 142 valence electrons. The van der Waals surface area contributed by atoms with Gasteiger partial charge in [0.1, 0.15) is 24.6 Å². The average molecular weight is 404 g/mol. The summed E-state index contributed by atoms with van der Waals surface area (Å²) in [5.74, 6) is 1.23. The van der Waals surface area contributed by atoms with Crippen molar-refractivity contribution in [2.45, 2.75) is 13.1 Å². The largest absolute Gasteiger partial charge is 0.497 e. The van der Waals surface area contributed by atoms with Gasteiger partial charge in [0.25, 0.3) is 5.91 Å². The number of rotatable bonds is 9. The van der Waals surface area contributed by atoms with E-state index < -0.39 is 0 Å². The second-order valence-corrected chi connectivity index (χ2v) is 8.12.